The third-order valence-corrected chi connectivity index (χ3v) is 2.98. The van der Waals surface area contributed by atoms with Crippen molar-refractivity contribution in [3.8, 4) is 5.75 Å². The van der Waals surface area contributed by atoms with Gasteiger partial charge in [-0.1, -0.05) is 15.9 Å². The zero-order chi connectivity index (χ0) is 15.8. The van der Waals surface area contributed by atoms with E-state index in [1.54, 1.807) is 24.3 Å². The standard InChI is InChI=1S/C13H15BrN2O5/c14-8-1-3-9(4-2-8)21-6-5-12(18)16-10(13(19)20)7-11(15)17/h1-4,10H,5-7H2,(H2,15,17)(H,16,18)(H,19,20)/t10-/m1/s1. The highest BCUT2D eigenvalue weighted by atomic mass is 79.9. The van der Waals surface area contributed by atoms with Gasteiger partial charge in [0.05, 0.1) is 19.4 Å². The molecular weight excluding hydrogens is 344 g/mol. The summed E-state index contributed by atoms with van der Waals surface area (Å²) in [5.41, 5.74) is 4.91. The highest BCUT2D eigenvalue weighted by Gasteiger charge is 2.21. The Bertz CT molecular complexity index is 518. The fraction of sp³-hybridized carbons (Fsp3) is 0.308. The van der Waals surface area contributed by atoms with Gasteiger partial charge in [-0.05, 0) is 24.3 Å². The molecule has 1 atom stereocenters. The molecule has 0 aliphatic rings. The first kappa shape index (κ1) is 17.0. The minimum absolute atomic E-state index is 0.0292. The smallest absolute Gasteiger partial charge is 0.326 e. The molecule has 0 saturated heterocycles. The van der Waals surface area contributed by atoms with Gasteiger partial charge in [0.15, 0.2) is 0 Å². The number of hydrogen-bond donors (Lipinski definition) is 3. The molecule has 1 aromatic rings. The molecule has 114 valence electrons. The van der Waals surface area contributed by atoms with Crippen molar-refractivity contribution >= 4 is 33.7 Å². The summed E-state index contributed by atoms with van der Waals surface area (Å²) in [6.07, 6.45) is -0.479. The predicted octanol–water partition coefficient (Wildman–Crippen LogP) is 0.663. The normalized spacial score (nSPS) is 11.5. The van der Waals surface area contributed by atoms with Crippen LogP contribution in [0.25, 0.3) is 0 Å². The summed E-state index contributed by atoms with van der Waals surface area (Å²) in [6, 6.07) is 5.73. The number of rotatable bonds is 8. The molecular formula is C13H15BrN2O5. The molecule has 0 unspecified atom stereocenters. The first-order chi connectivity index (χ1) is 9.88. The summed E-state index contributed by atoms with van der Waals surface area (Å²) >= 11 is 3.28. The fourth-order valence-corrected chi connectivity index (χ4v) is 1.72. The maximum atomic E-state index is 11.6. The minimum atomic E-state index is -1.32. The van der Waals surface area contributed by atoms with Crippen molar-refractivity contribution < 1.29 is 24.2 Å². The Morgan fingerprint density at radius 2 is 1.90 bits per heavy atom. The van der Waals surface area contributed by atoms with Crippen LogP contribution in [0.2, 0.25) is 0 Å². The largest absolute Gasteiger partial charge is 0.493 e. The van der Waals surface area contributed by atoms with Gasteiger partial charge in [-0.2, -0.15) is 0 Å². The van der Waals surface area contributed by atoms with Crippen LogP contribution in [0, 0.1) is 0 Å². The van der Waals surface area contributed by atoms with Crippen molar-refractivity contribution in [3.05, 3.63) is 28.7 Å². The molecule has 0 aliphatic carbocycles. The van der Waals surface area contributed by atoms with Crippen LogP contribution in [0.5, 0.6) is 5.75 Å². The maximum absolute atomic E-state index is 11.6. The number of benzene rings is 1. The first-order valence-electron chi connectivity index (χ1n) is 6.07. The number of ether oxygens (including phenoxy) is 1. The Balaban J connectivity index is 2.37. The van der Waals surface area contributed by atoms with Crippen molar-refractivity contribution in [2.45, 2.75) is 18.9 Å². The Morgan fingerprint density at radius 1 is 1.29 bits per heavy atom. The van der Waals surface area contributed by atoms with Crippen molar-refractivity contribution in [1.29, 1.82) is 0 Å². The van der Waals surface area contributed by atoms with E-state index in [4.69, 9.17) is 15.6 Å². The second-order valence-corrected chi connectivity index (χ2v) is 5.10. The van der Waals surface area contributed by atoms with E-state index in [1.165, 1.54) is 0 Å². The number of amides is 2. The van der Waals surface area contributed by atoms with Crippen LogP contribution in [-0.2, 0) is 14.4 Å². The molecule has 8 heteroatoms. The number of halogens is 1. The SMILES string of the molecule is NC(=O)C[C@@H](NC(=O)CCOc1ccc(Br)cc1)C(=O)O. The first-order valence-corrected chi connectivity index (χ1v) is 6.86. The Morgan fingerprint density at radius 3 is 2.43 bits per heavy atom. The predicted molar refractivity (Wildman–Crippen MR) is 77.6 cm³/mol. The lowest BCUT2D eigenvalue weighted by Crippen LogP contribution is -2.43. The van der Waals surface area contributed by atoms with E-state index in [0.717, 1.165) is 4.47 Å². The maximum Gasteiger partial charge on any atom is 0.326 e. The molecule has 1 aromatic carbocycles. The van der Waals surface area contributed by atoms with Crippen LogP contribution >= 0.6 is 15.9 Å². The molecule has 0 radical (unpaired) electrons. The molecule has 0 heterocycles. The van der Waals surface area contributed by atoms with E-state index in [2.05, 4.69) is 21.2 Å². The van der Waals surface area contributed by atoms with E-state index in [0.29, 0.717) is 5.75 Å². The summed E-state index contributed by atoms with van der Waals surface area (Å²) < 4.78 is 6.24. The summed E-state index contributed by atoms with van der Waals surface area (Å²) in [5.74, 6) is -2.04. The molecule has 0 bridgehead atoms. The van der Waals surface area contributed by atoms with Gasteiger partial charge in [-0.15, -0.1) is 0 Å². The van der Waals surface area contributed by atoms with Gasteiger partial charge in [0.2, 0.25) is 11.8 Å². The number of carboxylic acid groups (broad SMARTS) is 1. The molecule has 21 heavy (non-hydrogen) atoms. The lowest BCUT2D eigenvalue weighted by Gasteiger charge is -2.13. The van der Waals surface area contributed by atoms with Gasteiger partial charge in [0.1, 0.15) is 11.8 Å². The van der Waals surface area contributed by atoms with Gasteiger partial charge >= 0.3 is 5.97 Å². The molecule has 0 aromatic heterocycles. The van der Waals surface area contributed by atoms with Crippen molar-refractivity contribution in [1.82, 2.24) is 5.32 Å². The Kier molecular flexibility index (Phi) is 6.67. The van der Waals surface area contributed by atoms with Crippen LogP contribution in [0.3, 0.4) is 0 Å². The van der Waals surface area contributed by atoms with Crippen LogP contribution in [0.4, 0.5) is 0 Å². The van der Waals surface area contributed by atoms with Gasteiger partial charge in [-0.25, -0.2) is 4.79 Å². The van der Waals surface area contributed by atoms with Crippen molar-refractivity contribution in [2.75, 3.05) is 6.61 Å². The number of carboxylic acids is 1. The number of aliphatic carboxylic acids is 1. The van der Waals surface area contributed by atoms with Crippen LogP contribution < -0.4 is 15.8 Å². The van der Waals surface area contributed by atoms with Crippen LogP contribution in [0.1, 0.15) is 12.8 Å². The monoisotopic (exact) mass is 358 g/mol. The molecule has 1 rings (SSSR count). The molecule has 0 fully saturated rings. The van der Waals surface area contributed by atoms with E-state index >= 15 is 0 Å². The van der Waals surface area contributed by atoms with Gasteiger partial charge in [0, 0.05) is 4.47 Å². The van der Waals surface area contributed by atoms with Crippen LogP contribution in [0.15, 0.2) is 28.7 Å². The lowest BCUT2D eigenvalue weighted by molar-refractivity contribution is -0.143. The summed E-state index contributed by atoms with van der Waals surface area (Å²) in [5, 5.41) is 11.1. The molecule has 0 spiro atoms. The van der Waals surface area contributed by atoms with Crippen LogP contribution in [-0.4, -0.2) is 35.5 Å². The quantitative estimate of drug-likeness (QED) is 0.630. The molecule has 4 N–H and O–H groups in total. The number of carbonyl (C=O) groups excluding carboxylic acids is 2. The van der Waals surface area contributed by atoms with Gasteiger partial charge < -0.3 is 20.9 Å². The number of nitrogens with two attached hydrogens (primary N) is 1. The number of nitrogens with one attached hydrogen (secondary N) is 1. The molecule has 0 aliphatic heterocycles. The van der Waals surface area contributed by atoms with Crippen molar-refractivity contribution in [3.63, 3.8) is 0 Å². The molecule has 2 amide bonds. The Labute approximate surface area is 129 Å². The summed E-state index contributed by atoms with van der Waals surface area (Å²) in [6.45, 7) is 0.0936. The zero-order valence-electron chi connectivity index (χ0n) is 11.0. The topological polar surface area (TPSA) is 119 Å². The lowest BCUT2D eigenvalue weighted by atomic mass is 10.2. The van der Waals surface area contributed by atoms with Crippen molar-refractivity contribution in [2.24, 2.45) is 5.73 Å². The average molecular weight is 359 g/mol. The third-order valence-electron chi connectivity index (χ3n) is 2.45. The third kappa shape index (κ3) is 6.75. The number of hydrogen-bond acceptors (Lipinski definition) is 4. The van der Waals surface area contributed by atoms with Gasteiger partial charge in [-0.3, -0.25) is 9.59 Å². The zero-order valence-corrected chi connectivity index (χ0v) is 12.6. The highest BCUT2D eigenvalue weighted by Crippen LogP contribution is 2.16. The fourth-order valence-electron chi connectivity index (χ4n) is 1.46. The number of carbonyl (C=O) groups is 3. The number of primary amides is 1. The van der Waals surface area contributed by atoms with E-state index < -0.39 is 30.2 Å². The second-order valence-electron chi connectivity index (χ2n) is 4.18. The van der Waals surface area contributed by atoms with E-state index in [-0.39, 0.29) is 13.0 Å². The summed E-state index contributed by atoms with van der Waals surface area (Å²) in [4.78, 5) is 33.1. The Hall–Kier alpha value is -2.09. The average Bonchev–Trinajstić information content (AvgIpc) is 2.39. The second kappa shape index (κ2) is 8.25. The highest BCUT2D eigenvalue weighted by molar-refractivity contribution is 9.10. The molecule has 7 nitrogen and oxygen atoms in total. The van der Waals surface area contributed by atoms with Gasteiger partial charge in [0.25, 0.3) is 0 Å². The summed E-state index contributed by atoms with van der Waals surface area (Å²) in [7, 11) is 0. The minimum Gasteiger partial charge on any atom is -0.493 e. The molecule has 0 saturated carbocycles. The van der Waals surface area contributed by atoms with E-state index in [1.807, 2.05) is 0 Å². The van der Waals surface area contributed by atoms with E-state index in [9.17, 15) is 14.4 Å².